The van der Waals surface area contributed by atoms with E-state index in [1.165, 1.54) is 24.3 Å². The van der Waals surface area contributed by atoms with Crippen molar-refractivity contribution in [2.24, 2.45) is 0 Å². The molecule has 0 saturated carbocycles. The maximum atomic E-state index is 12.8. The molecule has 0 unspecified atom stereocenters. The number of sulfonamides is 1. The van der Waals surface area contributed by atoms with Crippen molar-refractivity contribution in [1.82, 2.24) is 14.9 Å². The quantitative estimate of drug-likeness (QED) is 0.691. The second-order valence-electron chi connectivity index (χ2n) is 5.63. The van der Waals surface area contributed by atoms with Gasteiger partial charge in [0.2, 0.25) is 15.9 Å². The standard InChI is InChI=1S/C15H24FN3O3S/c1-12(2)19(3)11-15(20)17-8-9-23(21,22)18-10-13-4-6-14(16)7-5-13/h4-7,12,18H,8-11H2,1-3H3,(H,17,20). The molecule has 1 aromatic carbocycles. The number of nitrogens with zero attached hydrogens (tertiary/aromatic N) is 1. The van der Waals surface area contributed by atoms with Crippen molar-refractivity contribution in [1.29, 1.82) is 0 Å². The van der Waals surface area contributed by atoms with Crippen molar-refractivity contribution in [3.8, 4) is 0 Å². The number of carbonyl (C=O) groups excluding carboxylic acids is 1. The minimum atomic E-state index is -3.50. The van der Waals surface area contributed by atoms with Gasteiger partial charge >= 0.3 is 0 Å². The van der Waals surface area contributed by atoms with Crippen LogP contribution in [0.2, 0.25) is 0 Å². The van der Waals surface area contributed by atoms with E-state index in [2.05, 4.69) is 10.0 Å². The van der Waals surface area contributed by atoms with E-state index in [0.717, 1.165) is 0 Å². The van der Waals surface area contributed by atoms with E-state index in [4.69, 9.17) is 0 Å². The Hall–Kier alpha value is -1.51. The molecule has 0 heterocycles. The van der Waals surface area contributed by atoms with E-state index >= 15 is 0 Å². The van der Waals surface area contributed by atoms with Gasteiger partial charge in [-0.1, -0.05) is 12.1 Å². The second-order valence-corrected chi connectivity index (χ2v) is 7.55. The van der Waals surface area contributed by atoms with Gasteiger partial charge in [0, 0.05) is 19.1 Å². The van der Waals surface area contributed by atoms with Crippen LogP contribution < -0.4 is 10.0 Å². The van der Waals surface area contributed by atoms with E-state index in [9.17, 15) is 17.6 Å². The highest BCUT2D eigenvalue weighted by molar-refractivity contribution is 7.89. The fraction of sp³-hybridized carbons (Fsp3) is 0.533. The molecule has 0 aliphatic carbocycles. The predicted octanol–water partition coefficient (Wildman–Crippen LogP) is 0.702. The highest BCUT2D eigenvalue weighted by Gasteiger charge is 2.12. The van der Waals surface area contributed by atoms with Crippen LogP contribution in [0.1, 0.15) is 19.4 Å². The van der Waals surface area contributed by atoms with Crippen LogP contribution in [0.15, 0.2) is 24.3 Å². The summed E-state index contributed by atoms with van der Waals surface area (Å²) >= 11 is 0. The summed E-state index contributed by atoms with van der Waals surface area (Å²) in [6, 6.07) is 5.81. The van der Waals surface area contributed by atoms with Crippen molar-refractivity contribution < 1.29 is 17.6 Å². The lowest BCUT2D eigenvalue weighted by Crippen LogP contribution is -2.40. The molecule has 0 fully saturated rings. The first-order valence-electron chi connectivity index (χ1n) is 7.38. The molecule has 130 valence electrons. The van der Waals surface area contributed by atoms with Gasteiger partial charge < -0.3 is 5.32 Å². The fourth-order valence-corrected chi connectivity index (χ4v) is 2.56. The lowest BCUT2D eigenvalue weighted by molar-refractivity contribution is -0.122. The van der Waals surface area contributed by atoms with Gasteiger partial charge in [-0.3, -0.25) is 9.69 Å². The zero-order valence-electron chi connectivity index (χ0n) is 13.7. The molecule has 0 aromatic heterocycles. The number of amides is 1. The summed E-state index contributed by atoms with van der Waals surface area (Å²) in [5.74, 6) is -0.786. The Morgan fingerprint density at radius 3 is 2.43 bits per heavy atom. The highest BCUT2D eigenvalue weighted by Crippen LogP contribution is 2.02. The molecule has 0 saturated heterocycles. The predicted molar refractivity (Wildman–Crippen MR) is 87.8 cm³/mol. The Balaban J connectivity index is 2.32. The van der Waals surface area contributed by atoms with Crippen molar-refractivity contribution in [3.63, 3.8) is 0 Å². The van der Waals surface area contributed by atoms with Gasteiger partial charge in [-0.15, -0.1) is 0 Å². The highest BCUT2D eigenvalue weighted by atomic mass is 32.2. The molecule has 1 amide bonds. The zero-order valence-corrected chi connectivity index (χ0v) is 14.5. The van der Waals surface area contributed by atoms with Crippen molar-refractivity contribution in [3.05, 3.63) is 35.6 Å². The van der Waals surface area contributed by atoms with Gasteiger partial charge in [0.1, 0.15) is 5.82 Å². The molecule has 0 radical (unpaired) electrons. The molecule has 1 aromatic rings. The Labute approximate surface area is 137 Å². The van der Waals surface area contributed by atoms with Crippen LogP contribution in [0.3, 0.4) is 0 Å². The average Bonchev–Trinajstić information content (AvgIpc) is 2.46. The Kier molecular flexibility index (Phi) is 7.60. The molecule has 2 N–H and O–H groups in total. The molecule has 6 nitrogen and oxygen atoms in total. The molecule has 1 rings (SSSR count). The monoisotopic (exact) mass is 345 g/mol. The smallest absolute Gasteiger partial charge is 0.234 e. The number of nitrogens with one attached hydrogen (secondary N) is 2. The fourth-order valence-electron chi connectivity index (χ4n) is 1.66. The van der Waals surface area contributed by atoms with E-state index in [1.807, 2.05) is 25.8 Å². The van der Waals surface area contributed by atoms with Crippen LogP contribution in [0, 0.1) is 5.82 Å². The lowest BCUT2D eigenvalue weighted by Gasteiger charge is -2.20. The summed E-state index contributed by atoms with van der Waals surface area (Å²) in [7, 11) is -1.68. The van der Waals surface area contributed by atoms with Crippen molar-refractivity contribution in [2.75, 3.05) is 25.9 Å². The molecule has 8 heteroatoms. The average molecular weight is 345 g/mol. The van der Waals surface area contributed by atoms with Crippen LogP contribution in [-0.2, 0) is 21.4 Å². The topological polar surface area (TPSA) is 78.5 Å². The summed E-state index contributed by atoms with van der Waals surface area (Å²) in [5, 5.41) is 2.58. The second kappa shape index (κ2) is 8.95. The first-order valence-corrected chi connectivity index (χ1v) is 9.03. The molecule has 0 aliphatic heterocycles. The van der Waals surface area contributed by atoms with Gasteiger partial charge in [0.25, 0.3) is 0 Å². The van der Waals surface area contributed by atoms with Gasteiger partial charge in [0.05, 0.1) is 12.3 Å². The van der Waals surface area contributed by atoms with Gasteiger partial charge in [-0.2, -0.15) is 0 Å². The number of likely N-dealkylation sites (N-methyl/N-ethyl adjacent to an activating group) is 1. The summed E-state index contributed by atoms with van der Waals surface area (Å²) < 4.78 is 38.8. The summed E-state index contributed by atoms with van der Waals surface area (Å²) in [5.41, 5.74) is 0.664. The van der Waals surface area contributed by atoms with Crippen LogP contribution in [0.4, 0.5) is 4.39 Å². The third-order valence-corrected chi connectivity index (χ3v) is 4.70. The Morgan fingerprint density at radius 2 is 1.87 bits per heavy atom. The van der Waals surface area contributed by atoms with Crippen molar-refractivity contribution in [2.45, 2.75) is 26.4 Å². The van der Waals surface area contributed by atoms with Crippen LogP contribution >= 0.6 is 0 Å². The zero-order chi connectivity index (χ0) is 17.5. The van der Waals surface area contributed by atoms with E-state index < -0.39 is 10.0 Å². The number of rotatable bonds is 9. The van der Waals surface area contributed by atoms with E-state index in [-0.39, 0.29) is 43.2 Å². The first kappa shape index (κ1) is 19.5. The maximum absolute atomic E-state index is 12.8. The SMILES string of the molecule is CC(C)N(C)CC(=O)NCCS(=O)(=O)NCc1ccc(F)cc1. The minimum Gasteiger partial charge on any atom is -0.354 e. The van der Waals surface area contributed by atoms with Gasteiger partial charge in [-0.25, -0.2) is 17.5 Å². The molecule has 0 atom stereocenters. The number of carbonyl (C=O) groups is 1. The van der Waals surface area contributed by atoms with Gasteiger partial charge in [-0.05, 0) is 38.6 Å². The third kappa shape index (κ3) is 8.06. The number of benzene rings is 1. The summed E-state index contributed by atoms with van der Waals surface area (Å²) in [6.07, 6.45) is 0. The molecular weight excluding hydrogens is 321 g/mol. The Morgan fingerprint density at radius 1 is 1.26 bits per heavy atom. The number of hydrogen-bond acceptors (Lipinski definition) is 4. The largest absolute Gasteiger partial charge is 0.354 e. The lowest BCUT2D eigenvalue weighted by atomic mass is 10.2. The summed E-state index contributed by atoms with van der Waals surface area (Å²) in [4.78, 5) is 13.5. The molecule has 0 spiro atoms. The maximum Gasteiger partial charge on any atom is 0.234 e. The molecule has 0 aliphatic rings. The number of halogens is 1. The van der Waals surface area contributed by atoms with Crippen LogP contribution in [0.5, 0.6) is 0 Å². The van der Waals surface area contributed by atoms with Crippen LogP contribution in [0.25, 0.3) is 0 Å². The normalized spacial score (nSPS) is 11.9. The Bertz CT molecular complexity index is 603. The van der Waals surface area contributed by atoms with E-state index in [1.54, 1.807) is 0 Å². The minimum absolute atomic E-state index is 0.0452. The first-order chi connectivity index (χ1) is 10.7. The molecule has 0 bridgehead atoms. The number of hydrogen-bond donors (Lipinski definition) is 2. The summed E-state index contributed by atoms with van der Waals surface area (Å²) in [6.45, 7) is 4.30. The van der Waals surface area contributed by atoms with E-state index in [0.29, 0.717) is 5.56 Å². The van der Waals surface area contributed by atoms with Crippen LogP contribution in [-0.4, -0.2) is 51.2 Å². The molecule has 23 heavy (non-hydrogen) atoms. The van der Waals surface area contributed by atoms with Gasteiger partial charge in [0.15, 0.2) is 0 Å². The third-order valence-electron chi connectivity index (χ3n) is 3.38. The van der Waals surface area contributed by atoms with Crippen molar-refractivity contribution >= 4 is 15.9 Å². The molecular formula is C15H24FN3O3S.